The van der Waals surface area contributed by atoms with E-state index in [9.17, 15) is 0 Å². The molecule has 0 spiro atoms. The maximum absolute atomic E-state index is 6.75. The minimum absolute atomic E-state index is 1.30. The lowest BCUT2D eigenvalue weighted by Gasteiger charge is -1.93. The van der Waals surface area contributed by atoms with Gasteiger partial charge in [-0.15, -0.1) is 0 Å². The highest BCUT2D eigenvalue weighted by Crippen LogP contribution is 2.20. The van der Waals surface area contributed by atoms with Crippen molar-refractivity contribution in [2.75, 3.05) is 0 Å². The molecule has 0 fully saturated rings. The number of fused-ring (bicyclic) bond motifs is 1. The smallest absolute Gasteiger partial charge is 0.0273 e. The number of nitrogens with zero attached hydrogens (tertiary/aromatic N) is 3. The first-order valence-corrected chi connectivity index (χ1v) is 3.93. The van der Waals surface area contributed by atoms with Gasteiger partial charge in [0.2, 0.25) is 0 Å². The molecule has 0 aliphatic heterocycles. The number of aryl methyl sites for hydroxylation is 2. The van der Waals surface area contributed by atoms with E-state index in [2.05, 4.69) is 24.3 Å². The van der Waals surface area contributed by atoms with Gasteiger partial charge in [-0.3, -0.25) is 4.91 Å². The highest BCUT2D eigenvalue weighted by atomic mass is 15.0. The average molecular weight is 160 g/mol. The van der Waals surface area contributed by atoms with E-state index in [0.717, 1.165) is 0 Å². The minimum atomic E-state index is 1.30. The lowest BCUT2D eigenvalue weighted by Crippen LogP contribution is -1.77. The van der Waals surface area contributed by atoms with Gasteiger partial charge >= 0.3 is 0 Å². The molecule has 0 unspecified atom stereocenters. The Hall–Kier alpha value is -1.47. The molecule has 0 bridgehead atoms. The predicted molar refractivity (Wildman–Crippen MR) is 48.5 cm³/mol. The number of hydrogen-bond donors (Lipinski definition) is 0. The van der Waals surface area contributed by atoms with E-state index < -0.39 is 0 Å². The fourth-order valence-electron chi connectivity index (χ4n) is 1.51. The van der Waals surface area contributed by atoms with Crippen LogP contribution in [-0.4, -0.2) is 0 Å². The Morgan fingerprint density at radius 1 is 1.00 bits per heavy atom. The summed E-state index contributed by atoms with van der Waals surface area (Å²) in [6.07, 6.45) is 3.96. The van der Waals surface area contributed by atoms with Crippen LogP contribution in [0.25, 0.3) is 16.0 Å². The summed E-state index contributed by atoms with van der Waals surface area (Å²) in [5.74, 6) is 0. The van der Waals surface area contributed by atoms with Crippen molar-refractivity contribution in [1.82, 2.24) is 0 Å². The summed E-state index contributed by atoms with van der Waals surface area (Å²) < 4.78 is 0. The van der Waals surface area contributed by atoms with E-state index in [1.165, 1.54) is 24.2 Å². The second-order valence-electron chi connectivity index (χ2n) is 2.71. The second kappa shape index (κ2) is 4.42. The lowest BCUT2D eigenvalue weighted by molar-refractivity contribution is 0.912. The predicted octanol–water partition coefficient (Wildman–Crippen LogP) is 3.04. The van der Waals surface area contributed by atoms with E-state index in [-0.39, 0.29) is 0 Å². The maximum Gasteiger partial charge on any atom is -0.0273 e. The largest absolute Gasteiger partial charge is 0.373 e. The fourth-order valence-corrected chi connectivity index (χ4v) is 1.51. The van der Waals surface area contributed by atoms with Crippen LogP contribution in [0, 0.1) is 0 Å². The van der Waals surface area contributed by atoms with Crippen LogP contribution in [0.1, 0.15) is 17.5 Å². The van der Waals surface area contributed by atoms with Gasteiger partial charge in [0.15, 0.2) is 0 Å². The van der Waals surface area contributed by atoms with Gasteiger partial charge in [0.1, 0.15) is 0 Å². The third kappa shape index (κ3) is 2.01. The standard InChI is InChI=1S/C9H10.N3/c1-2-5-9-7-3-6-8(9)4-1;1-3-2/h1-2,4-5H,3,6-7H2;/q;-1. The van der Waals surface area contributed by atoms with Crippen molar-refractivity contribution in [3.05, 3.63) is 51.4 Å². The molecule has 2 rings (SSSR count). The van der Waals surface area contributed by atoms with Gasteiger partial charge in [-0.25, -0.2) is 0 Å². The molecule has 1 aromatic rings. The Bertz CT molecular complexity index is 265. The minimum Gasteiger partial charge on any atom is -0.373 e. The zero-order valence-electron chi connectivity index (χ0n) is 6.77. The van der Waals surface area contributed by atoms with E-state index in [4.69, 9.17) is 11.1 Å². The molecule has 1 aliphatic rings. The van der Waals surface area contributed by atoms with Crippen molar-refractivity contribution < 1.29 is 0 Å². The zero-order valence-corrected chi connectivity index (χ0v) is 6.77. The fraction of sp³-hybridized carbons (Fsp3) is 0.333. The highest BCUT2D eigenvalue weighted by molar-refractivity contribution is 5.30. The first kappa shape index (κ1) is 8.62. The van der Waals surface area contributed by atoms with E-state index in [0.29, 0.717) is 0 Å². The molecule has 3 heteroatoms. The summed E-state index contributed by atoms with van der Waals surface area (Å²) in [7, 11) is 0. The summed E-state index contributed by atoms with van der Waals surface area (Å²) in [4.78, 5) is 1.50. The molecule has 0 saturated heterocycles. The van der Waals surface area contributed by atoms with E-state index in [1.54, 1.807) is 11.1 Å². The van der Waals surface area contributed by atoms with Crippen molar-refractivity contribution in [2.45, 2.75) is 19.3 Å². The molecule has 0 N–H and O–H groups in total. The monoisotopic (exact) mass is 160 g/mol. The summed E-state index contributed by atoms with van der Waals surface area (Å²) in [6, 6.07) is 8.74. The summed E-state index contributed by atoms with van der Waals surface area (Å²) in [6.45, 7) is 0. The molecular formula is C9H10N3-. The summed E-state index contributed by atoms with van der Waals surface area (Å²) >= 11 is 0. The van der Waals surface area contributed by atoms with Gasteiger partial charge in [0.25, 0.3) is 0 Å². The van der Waals surface area contributed by atoms with Crippen LogP contribution in [0.3, 0.4) is 0 Å². The molecule has 3 nitrogen and oxygen atoms in total. The van der Waals surface area contributed by atoms with Crippen molar-refractivity contribution in [2.24, 2.45) is 0 Å². The Morgan fingerprint density at radius 3 is 1.83 bits per heavy atom. The maximum atomic E-state index is 6.75. The van der Waals surface area contributed by atoms with Gasteiger partial charge in [-0.05, 0) is 30.4 Å². The van der Waals surface area contributed by atoms with Gasteiger partial charge in [-0.1, -0.05) is 24.3 Å². The second-order valence-corrected chi connectivity index (χ2v) is 2.71. The highest BCUT2D eigenvalue weighted by Gasteiger charge is 2.07. The molecule has 62 valence electrons. The Morgan fingerprint density at radius 2 is 1.42 bits per heavy atom. The van der Waals surface area contributed by atoms with Crippen LogP contribution in [0.5, 0.6) is 0 Å². The Kier molecular flexibility index (Phi) is 3.17. The third-order valence-electron chi connectivity index (χ3n) is 2.01. The quantitative estimate of drug-likeness (QED) is 0.318. The van der Waals surface area contributed by atoms with E-state index in [1.807, 2.05) is 0 Å². The molecule has 0 atom stereocenters. The van der Waals surface area contributed by atoms with Crippen LogP contribution < -0.4 is 0 Å². The number of rotatable bonds is 0. The zero-order chi connectivity index (χ0) is 8.81. The molecule has 1 aromatic carbocycles. The Balaban J connectivity index is 0.000000213. The molecule has 0 heterocycles. The van der Waals surface area contributed by atoms with Crippen molar-refractivity contribution in [1.29, 1.82) is 0 Å². The number of hydrogen-bond acceptors (Lipinski definition) is 0. The van der Waals surface area contributed by atoms with Gasteiger partial charge < -0.3 is 11.1 Å². The van der Waals surface area contributed by atoms with Gasteiger partial charge in [-0.2, -0.15) is 0 Å². The average Bonchev–Trinajstić information content (AvgIpc) is 2.52. The molecule has 12 heavy (non-hydrogen) atoms. The number of benzene rings is 1. The first-order chi connectivity index (χ1) is 5.88. The van der Waals surface area contributed by atoms with Crippen LogP contribution in [-0.2, 0) is 12.8 Å². The summed E-state index contributed by atoms with van der Waals surface area (Å²) in [5.41, 5.74) is 16.6. The Labute approximate surface area is 71.4 Å². The molecule has 0 amide bonds. The van der Waals surface area contributed by atoms with Gasteiger partial charge in [0.05, 0.1) is 0 Å². The first-order valence-electron chi connectivity index (χ1n) is 3.93. The van der Waals surface area contributed by atoms with Crippen molar-refractivity contribution in [3.63, 3.8) is 0 Å². The third-order valence-corrected chi connectivity index (χ3v) is 2.01. The SMILES string of the molecule is [N-]=[N+]=[N-].c1ccc2c(c1)CCC2. The van der Waals surface area contributed by atoms with Crippen molar-refractivity contribution >= 4 is 0 Å². The lowest BCUT2D eigenvalue weighted by atomic mass is 10.1. The molecule has 1 aliphatic carbocycles. The molecule has 0 radical (unpaired) electrons. The molecular weight excluding hydrogens is 150 g/mol. The molecule has 0 saturated carbocycles. The normalized spacial score (nSPS) is 12.3. The van der Waals surface area contributed by atoms with Crippen LogP contribution in [0.2, 0.25) is 0 Å². The van der Waals surface area contributed by atoms with Crippen LogP contribution in [0.15, 0.2) is 24.3 Å². The van der Waals surface area contributed by atoms with E-state index >= 15 is 0 Å². The van der Waals surface area contributed by atoms with Crippen LogP contribution in [0.4, 0.5) is 0 Å². The van der Waals surface area contributed by atoms with Gasteiger partial charge in [0, 0.05) is 0 Å². The topological polar surface area (TPSA) is 58.7 Å². The van der Waals surface area contributed by atoms with Crippen LogP contribution >= 0.6 is 0 Å². The van der Waals surface area contributed by atoms with Crippen molar-refractivity contribution in [3.8, 4) is 0 Å². The summed E-state index contributed by atoms with van der Waals surface area (Å²) in [5, 5.41) is 0. The molecule has 0 aromatic heterocycles.